The second-order valence-electron chi connectivity index (χ2n) is 9.68. The van der Waals surface area contributed by atoms with Gasteiger partial charge in [-0.1, -0.05) is 53.9 Å². The average Bonchev–Trinajstić information content (AvgIpc) is 3.39. The summed E-state index contributed by atoms with van der Waals surface area (Å²) in [5.41, 5.74) is 1.54. The van der Waals surface area contributed by atoms with Gasteiger partial charge in [0, 0.05) is 37.4 Å². The topological polar surface area (TPSA) is 82.7 Å². The molecule has 210 valence electrons. The number of hydrogen-bond acceptors (Lipinski definition) is 4. The van der Waals surface area contributed by atoms with E-state index in [-0.39, 0.29) is 18.0 Å². The molecule has 1 aliphatic heterocycles. The van der Waals surface area contributed by atoms with E-state index in [1.807, 2.05) is 60.7 Å². The molecule has 0 aliphatic carbocycles. The van der Waals surface area contributed by atoms with Gasteiger partial charge in [0.05, 0.1) is 10.0 Å². The van der Waals surface area contributed by atoms with Gasteiger partial charge in [-0.15, -0.1) is 0 Å². The van der Waals surface area contributed by atoms with Crippen molar-refractivity contribution in [2.24, 2.45) is 0 Å². The van der Waals surface area contributed by atoms with Crippen molar-refractivity contribution in [2.75, 3.05) is 31.5 Å². The molecular weight excluding hydrogens is 547 g/mol. The molecule has 3 N–H and O–H groups in total. The third-order valence-corrected chi connectivity index (χ3v) is 7.26. The van der Waals surface area contributed by atoms with Gasteiger partial charge in [-0.2, -0.15) is 0 Å². The van der Waals surface area contributed by atoms with Crippen LogP contribution in [0.25, 0.3) is 6.08 Å². The summed E-state index contributed by atoms with van der Waals surface area (Å²) in [7, 11) is 0. The quantitative estimate of drug-likeness (QED) is 0.159. The number of halogens is 2. The molecule has 9 heteroatoms. The molecule has 3 aromatic carbocycles. The zero-order valence-corrected chi connectivity index (χ0v) is 23.8. The Balaban J connectivity index is 1.05. The molecule has 0 radical (unpaired) electrons. The normalized spacial score (nSPS) is 15.2. The van der Waals surface area contributed by atoms with Crippen LogP contribution in [0.15, 0.2) is 78.9 Å². The first-order chi connectivity index (χ1) is 19.4. The average molecular weight is 582 g/mol. The van der Waals surface area contributed by atoms with Crippen molar-refractivity contribution in [1.29, 1.82) is 0 Å². The first kappa shape index (κ1) is 29.5. The van der Waals surface area contributed by atoms with Crippen molar-refractivity contribution >= 4 is 46.9 Å². The lowest BCUT2D eigenvalue weighted by Crippen LogP contribution is -2.39. The Hall–Kier alpha value is -3.52. The molecule has 0 aromatic heterocycles. The zero-order chi connectivity index (χ0) is 28.2. The van der Waals surface area contributed by atoms with Crippen LogP contribution in [0.1, 0.15) is 31.2 Å². The molecule has 1 unspecified atom stereocenters. The number of nitrogens with zero attached hydrogens (tertiary/aromatic N) is 1. The molecule has 1 saturated heterocycles. The lowest BCUT2D eigenvalue weighted by molar-refractivity contribution is -0.116. The third-order valence-electron chi connectivity index (χ3n) is 6.52. The highest BCUT2D eigenvalue weighted by Crippen LogP contribution is 2.24. The van der Waals surface area contributed by atoms with Gasteiger partial charge in [0.25, 0.3) is 0 Å². The minimum absolute atomic E-state index is 0.127. The smallest absolute Gasteiger partial charge is 0.319 e. The highest BCUT2D eigenvalue weighted by atomic mass is 35.5. The number of likely N-dealkylation sites (tertiary alicyclic amines) is 1. The van der Waals surface area contributed by atoms with Gasteiger partial charge < -0.3 is 25.6 Å². The first-order valence-corrected chi connectivity index (χ1v) is 14.2. The third kappa shape index (κ3) is 9.90. The van der Waals surface area contributed by atoms with Crippen LogP contribution in [0, 0.1) is 0 Å². The van der Waals surface area contributed by atoms with Crippen molar-refractivity contribution in [3.05, 3.63) is 94.5 Å². The Labute approximate surface area is 245 Å². The first-order valence-electron chi connectivity index (χ1n) is 13.5. The number of carbonyl (C=O) groups excluding carboxylic acids is 2. The number of benzene rings is 3. The SMILES string of the molecule is O=C(/C=C/c1ccc(Cl)c(Cl)c1)NCCCCCN1CCC(NC(=O)Nc2ccc(Oc3ccccc3)cc2)C1. The molecule has 3 aromatic rings. The van der Waals surface area contributed by atoms with Gasteiger partial charge in [0.2, 0.25) is 5.91 Å². The van der Waals surface area contributed by atoms with Crippen molar-refractivity contribution < 1.29 is 14.3 Å². The number of anilines is 1. The molecule has 1 heterocycles. The molecule has 0 bridgehead atoms. The van der Waals surface area contributed by atoms with Crippen LogP contribution in [0.2, 0.25) is 10.0 Å². The van der Waals surface area contributed by atoms with E-state index >= 15 is 0 Å². The van der Waals surface area contributed by atoms with E-state index in [0.29, 0.717) is 28.0 Å². The van der Waals surface area contributed by atoms with Crippen LogP contribution >= 0.6 is 23.2 Å². The Kier molecular flexibility index (Phi) is 11.3. The van der Waals surface area contributed by atoms with Gasteiger partial charge in [-0.25, -0.2) is 4.79 Å². The summed E-state index contributed by atoms with van der Waals surface area (Å²) in [6, 6.07) is 22.1. The number of rotatable bonds is 12. The molecule has 3 amide bonds. The fourth-order valence-electron chi connectivity index (χ4n) is 4.43. The molecule has 1 atom stereocenters. The number of urea groups is 1. The molecule has 0 spiro atoms. The van der Waals surface area contributed by atoms with Gasteiger partial charge in [-0.05, 0) is 86.0 Å². The monoisotopic (exact) mass is 580 g/mol. The maximum absolute atomic E-state index is 12.5. The highest BCUT2D eigenvalue weighted by molar-refractivity contribution is 6.42. The summed E-state index contributed by atoms with van der Waals surface area (Å²) in [4.78, 5) is 26.9. The zero-order valence-electron chi connectivity index (χ0n) is 22.2. The van der Waals surface area contributed by atoms with E-state index in [9.17, 15) is 9.59 Å². The standard InChI is InChI=1S/C31H34Cl2N4O3/c32-28-15-9-23(21-29(28)33)10-16-30(38)34-18-5-2-6-19-37-20-17-25(22-37)36-31(39)35-24-11-13-27(14-12-24)40-26-7-3-1-4-8-26/h1,3-4,7-16,21,25H,2,5-6,17-20,22H2,(H,34,38)(H2,35,36,39)/b16-10+. The summed E-state index contributed by atoms with van der Waals surface area (Å²) in [6.45, 7) is 3.42. The largest absolute Gasteiger partial charge is 0.457 e. The minimum atomic E-state index is -0.201. The number of amides is 3. The number of ether oxygens (including phenoxy) is 1. The van der Waals surface area contributed by atoms with Gasteiger partial charge >= 0.3 is 6.03 Å². The molecule has 1 aliphatic rings. The lowest BCUT2D eigenvalue weighted by atomic mass is 10.2. The number of para-hydroxylation sites is 1. The number of unbranched alkanes of at least 4 members (excludes halogenated alkanes) is 2. The Morgan fingerprint density at radius 1 is 0.925 bits per heavy atom. The Morgan fingerprint density at radius 2 is 1.70 bits per heavy atom. The predicted octanol–water partition coefficient (Wildman–Crippen LogP) is 6.98. The van der Waals surface area contributed by atoms with E-state index in [4.69, 9.17) is 27.9 Å². The number of carbonyl (C=O) groups is 2. The predicted molar refractivity (Wildman–Crippen MR) is 162 cm³/mol. The van der Waals surface area contributed by atoms with Crippen molar-refractivity contribution in [3.8, 4) is 11.5 Å². The van der Waals surface area contributed by atoms with Crippen LogP contribution in [-0.4, -0.2) is 49.1 Å². The van der Waals surface area contributed by atoms with Crippen LogP contribution in [-0.2, 0) is 4.79 Å². The molecule has 4 rings (SSSR count). The van der Waals surface area contributed by atoms with Gasteiger partial charge in [-0.3, -0.25) is 4.79 Å². The summed E-state index contributed by atoms with van der Waals surface area (Å²) in [6.07, 6.45) is 7.13. The summed E-state index contributed by atoms with van der Waals surface area (Å²) in [5.74, 6) is 1.35. The summed E-state index contributed by atoms with van der Waals surface area (Å²) < 4.78 is 5.79. The maximum atomic E-state index is 12.5. The number of hydrogen-bond donors (Lipinski definition) is 3. The minimum Gasteiger partial charge on any atom is -0.457 e. The molecule has 7 nitrogen and oxygen atoms in total. The number of nitrogens with one attached hydrogen (secondary N) is 3. The van der Waals surface area contributed by atoms with Crippen LogP contribution in [0.4, 0.5) is 10.5 Å². The summed E-state index contributed by atoms with van der Waals surface area (Å²) in [5, 5.41) is 9.83. The molecule has 0 saturated carbocycles. The second-order valence-corrected chi connectivity index (χ2v) is 10.5. The Morgan fingerprint density at radius 3 is 2.48 bits per heavy atom. The van der Waals surface area contributed by atoms with Crippen LogP contribution < -0.4 is 20.7 Å². The molecule has 40 heavy (non-hydrogen) atoms. The van der Waals surface area contributed by atoms with Crippen molar-refractivity contribution in [3.63, 3.8) is 0 Å². The molecule has 1 fully saturated rings. The van der Waals surface area contributed by atoms with E-state index in [0.717, 1.165) is 56.6 Å². The van der Waals surface area contributed by atoms with Crippen LogP contribution in [0.5, 0.6) is 11.5 Å². The van der Waals surface area contributed by atoms with E-state index < -0.39 is 0 Å². The van der Waals surface area contributed by atoms with E-state index in [1.54, 1.807) is 18.2 Å². The second kappa shape index (κ2) is 15.3. The van der Waals surface area contributed by atoms with E-state index in [2.05, 4.69) is 20.9 Å². The lowest BCUT2D eigenvalue weighted by Gasteiger charge is -2.17. The van der Waals surface area contributed by atoms with Crippen LogP contribution in [0.3, 0.4) is 0 Å². The van der Waals surface area contributed by atoms with Crippen molar-refractivity contribution in [1.82, 2.24) is 15.5 Å². The van der Waals surface area contributed by atoms with Crippen molar-refractivity contribution in [2.45, 2.75) is 31.7 Å². The summed E-state index contributed by atoms with van der Waals surface area (Å²) >= 11 is 11.9. The van der Waals surface area contributed by atoms with E-state index in [1.165, 1.54) is 6.08 Å². The fourth-order valence-corrected chi connectivity index (χ4v) is 4.74. The van der Waals surface area contributed by atoms with Gasteiger partial charge in [0.1, 0.15) is 11.5 Å². The Bertz CT molecular complexity index is 1290. The molecular formula is C31H34Cl2N4O3. The fraction of sp³-hybridized carbons (Fsp3) is 0.290. The maximum Gasteiger partial charge on any atom is 0.319 e. The van der Waals surface area contributed by atoms with Gasteiger partial charge in [0.15, 0.2) is 0 Å². The highest BCUT2D eigenvalue weighted by Gasteiger charge is 2.23.